The van der Waals surface area contributed by atoms with Crippen LogP contribution in [0.1, 0.15) is 17.5 Å². The van der Waals surface area contributed by atoms with E-state index in [1.54, 1.807) is 6.08 Å². The highest BCUT2D eigenvalue weighted by atomic mass is 19.4. The van der Waals surface area contributed by atoms with Crippen LogP contribution in [-0.4, -0.2) is 30.0 Å². The van der Waals surface area contributed by atoms with Crippen LogP contribution in [-0.2, 0) is 22.2 Å². The van der Waals surface area contributed by atoms with Crippen molar-refractivity contribution < 1.29 is 32.0 Å². The van der Waals surface area contributed by atoms with Crippen molar-refractivity contribution in [2.45, 2.75) is 19.0 Å². The first kappa shape index (κ1) is 22.1. The molecule has 1 aliphatic heterocycles. The van der Waals surface area contributed by atoms with Crippen LogP contribution in [0.2, 0.25) is 0 Å². The number of rotatable bonds is 5. The van der Waals surface area contributed by atoms with Crippen LogP contribution < -0.4 is 10.8 Å². The van der Waals surface area contributed by atoms with Gasteiger partial charge in [-0.2, -0.15) is 13.2 Å². The Hall–Kier alpha value is -3.56. The number of benzene rings is 2. The maximum absolute atomic E-state index is 12.9. The van der Waals surface area contributed by atoms with Gasteiger partial charge >= 0.3 is 12.3 Å². The van der Waals surface area contributed by atoms with E-state index in [1.807, 2.05) is 0 Å². The fourth-order valence-electron chi connectivity index (χ4n) is 2.92. The molecule has 6 nitrogen and oxygen atoms in total. The van der Waals surface area contributed by atoms with Gasteiger partial charge in [0.1, 0.15) is 5.82 Å². The summed E-state index contributed by atoms with van der Waals surface area (Å²) < 4.78 is 51.3. The first-order valence-corrected chi connectivity index (χ1v) is 9.33. The Morgan fingerprint density at radius 3 is 2.48 bits per heavy atom. The van der Waals surface area contributed by atoms with E-state index in [4.69, 9.17) is 4.84 Å². The summed E-state index contributed by atoms with van der Waals surface area (Å²) in [5.41, 5.74) is 2.93. The van der Waals surface area contributed by atoms with Gasteiger partial charge in [0.2, 0.25) is 5.91 Å². The molecule has 164 valence electrons. The van der Waals surface area contributed by atoms with E-state index in [2.05, 4.69) is 10.8 Å². The highest BCUT2D eigenvalue weighted by Gasteiger charge is 2.30. The minimum Gasteiger partial charge on any atom is -0.338 e. The topological polar surface area (TPSA) is 70.7 Å². The van der Waals surface area contributed by atoms with Gasteiger partial charge in [-0.1, -0.05) is 18.2 Å². The molecule has 31 heavy (non-hydrogen) atoms. The average molecular weight is 437 g/mol. The second-order valence-electron chi connectivity index (χ2n) is 6.82. The first-order chi connectivity index (χ1) is 14.7. The number of hydroxylamine groups is 1. The fourth-order valence-corrected chi connectivity index (χ4v) is 2.92. The lowest BCUT2D eigenvalue weighted by Gasteiger charge is -2.26. The standard InChI is InChI=1S/C21H19F4N3O3/c22-16-4-6-17(7-5-16)26-20(30)31-27-18-8-10-28(11-9-18)19(29)13-14-2-1-3-15(12-14)21(23,24)25/h1-8,12,27H,9-11,13H2,(H,26,30). The van der Waals surface area contributed by atoms with Crippen LogP contribution in [0, 0.1) is 5.82 Å². The Labute approximate surface area is 175 Å². The summed E-state index contributed by atoms with van der Waals surface area (Å²) in [5, 5.41) is 2.42. The van der Waals surface area contributed by atoms with Gasteiger partial charge in [-0.25, -0.2) is 14.7 Å². The highest BCUT2D eigenvalue weighted by Crippen LogP contribution is 2.29. The Morgan fingerprint density at radius 1 is 1.10 bits per heavy atom. The van der Waals surface area contributed by atoms with Crippen LogP contribution in [0.4, 0.5) is 28.0 Å². The molecule has 0 spiro atoms. The van der Waals surface area contributed by atoms with Crippen molar-refractivity contribution in [1.82, 2.24) is 10.4 Å². The zero-order valence-corrected chi connectivity index (χ0v) is 16.2. The highest BCUT2D eigenvalue weighted by molar-refractivity contribution is 5.84. The van der Waals surface area contributed by atoms with Gasteiger partial charge in [0, 0.05) is 30.9 Å². The number of alkyl halides is 3. The van der Waals surface area contributed by atoms with Crippen LogP contribution in [0.25, 0.3) is 0 Å². The zero-order chi connectivity index (χ0) is 22.4. The Kier molecular flexibility index (Phi) is 6.78. The minimum absolute atomic E-state index is 0.142. The predicted octanol–water partition coefficient (Wildman–Crippen LogP) is 4.26. The third-order valence-electron chi connectivity index (χ3n) is 4.54. The van der Waals surface area contributed by atoms with E-state index in [0.717, 1.165) is 12.1 Å². The summed E-state index contributed by atoms with van der Waals surface area (Å²) in [7, 11) is 0. The maximum atomic E-state index is 12.9. The summed E-state index contributed by atoms with van der Waals surface area (Å²) in [5.74, 6) is -0.735. The molecule has 0 radical (unpaired) electrons. The van der Waals surface area contributed by atoms with Crippen molar-refractivity contribution in [3.8, 4) is 0 Å². The molecule has 3 rings (SSSR count). The number of carbonyl (C=O) groups excluding carboxylic acids is 2. The van der Waals surface area contributed by atoms with Crippen LogP contribution in [0.3, 0.4) is 0 Å². The molecule has 2 N–H and O–H groups in total. The van der Waals surface area contributed by atoms with Crippen LogP contribution in [0.15, 0.2) is 60.3 Å². The number of amides is 2. The molecule has 0 unspecified atom stereocenters. The molecule has 2 aromatic carbocycles. The van der Waals surface area contributed by atoms with Crippen molar-refractivity contribution >= 4 is 17.7 Å². The SMILES string of the molecule is O=C(Nc1ccc(F)cc1)ONC1=CCN(C(=O)Cc2cccc(C(F)(F)F)c2)CC1. The third-order valence-corrected chi connectivity index (χ3v) is 4.54. The number of hydrogen-bond donors (Lipinski definition) is 2. The smallest absolute Gasteiger partial charge is 0.338 e. The molecule has 0 aromatic heterocycles. The quantitative estimate of drug-likeness (QED) is 0.542. The molecule has 10 heteroatoms. The molecule has 1 aliphatic rings. The molecule has 0 fully saturated rings. The van der Waals surface area contributed by atoms with Gasteiger partial charge in [-0.15, -0.1) is 0 Å². The van der Waals surface area contributed by atoms with Gasteiger partial charge in [-0.05, 0) is 42.0 Å². The normalized spacial score (nSPS) is 13.9. The monoisotopic (exact) mass is 437 g/mol. The lowest BCUT2D eigenvalue weighted by molar-refractivity contribution is -0.138. The average Bonchev–Trinajstić information content (AvgIpc) is 2.74. The van der Waals surface area contributed by atoms with Crippen molar-refractivity contribution in [3.05, 3.63) is 77.2 Å². The molecule has 2 amide bonds. The maximum Gasteiger partial charge on any atom is 0.435 e. The number of halogens is 4. The van der Waals surface area contributed by atoms with Crippen molar-refractivity contribution in [2.75, 3.05) is 18.4 Å². The van der Waals surface area contributed by atoms with E-state index in [0.29, 0.717) is 24.4 Å². The van der Waals surface area contributed by atoms with Gasteiger partial charge < -0.3 is 9.74 Å². The Bertz CT molecular complexity index is 975. The summed E-state index contributed by atoms with van der Waals surface area (Å²) in [4.78, 5) is 30.5. The molecule has 0 atom stereocenters. The van der Waals surface area contributed by atoms with Crippen molar-refractivity contribution in [3.63, 3.8) is 0 Å². The molecule has 0 aliphatic carbocycles. The number of carbonyl (C=O) groups is 2. The summed E-state index contributed by atoms with van der Waals surface area (Å²) in [6.45, 7) is 0.544. The molecule has 0 bridgehead atoms. The number of nitrogens with zero attached hydrogens (tertiary/aromatic N) is 1. The van der Waals surface area contributed by atoms with Crippen LogP contribution >= 0.6 is 0 Å². The summed E-state index contributed by atoms with van der Waals surface area (Å²) >= 11 is 0. The third kappa shape index (κ3) is 6.46. The van der Waals surface area contributed by atoms with E-state index in [-0.39, 0.29) is 24.4 Å². The van der Waals surface area contributed by atoms with Crippen molar-refractivity contribution in [1.29, 1.82) is 0 Å². The van der Waals surface area contributed by atoms with Gasteiger partial charge in [0.05, 0.1) is 12.0 Å². The lowest BCUT2D eigenvalue weighted by Crippen LogP contribution is -2.38. The largest absolute Gasteiger partial charge is 0.435 e. The molecule has 1 heterocycles. The van der Waals surface area contributed by atoms with Gasteiger partial charge in [0.25, 0.3) is 0 Å². The van der Waals surface area contributed by atoms with Crippen molar-refractivity contribution in [2.24, 2.45) is 0 Å². The first-order valence-electron chi connectivity index (χ1n) is 9.33. The second-order valence-corrected chi connectivity index (χ2v) is 6.82. The number of hydrogen-bond acceptors (Lipinski definition) is 4. The Morgan fingerprint density at radius 2 is 1.84 bits per heavy atom. The molecule has 2 aromatic rings. The van der Waals surface area contributed by atoms with Gasteiger partial charge in [-0.3, -0.25) is 10.1 Å². The molecule has 0 saturated heterocycles. The predicted molar refractivity (Wildman–Crippen MR) is 104 cm³/mol. The summed E-state index contributed by atoms with van der Waals surface area (Å²) in [6, 6.07) is 9.83. The minimum atomic E-state index is -4.46. The fraction of sp³-hybridized carbons (Fsp3) is 0.238. The zero-order valence-electron chi connectivity index (χ0n) is 16.2. The lowest BCUT2D eigenvalue weighted by atomic mass is 10.1. The summed E-state index contributed by atoms with van der Waals surface area (Å²) in [6.07, 6.45) is -3.37. The second kappa shape index (κ2) is 9.50. The number of nitrogens with one attached hydrogen (secondary N) is 2. The van der Waals surface area contributed by atoms with E-state index < -0.39 is 23.7 Å². The van der Waals surface area contributed by atoms with Gasteiger partial charge in [0.15, 0.2) is 0 Å². The van der Waals surface area contributed by atoms with E-state index >= 15 is 0 Å². The van der Waals surface area contributed by atoms with E-state index in [1.165, 1.54) is 41.3 Å². The number of anilines is 1. The van der Waals surface area contributed by atoms with E-state index in [9.17, 15) is 27.2 Å². The molecular weight excluding hydrogens is 418 g/mol. The molecular formula is C21H19F4N3O3. The van der Waals surface area contributed by atoms with Crippen LogP contribution in [0.5, 0.6) is 0 Å². The molecule has 0 saturated carbocycles. The Balaban J connectivity index is 1.46.